The van der Waals surface area contributed by atoms with Crippen molar-refractivity contribution in [3.8, 4) is 0 Å². The van der Waals surface area contributed by atoms with E-state index in [-0.39, 0.29) is 11.8 Å². The van der Waals surface area contributed by atoms with E-state index >= 15 is 0 Å². The summed E-state index contributed by atoms with van der Waals surface area (Å²) in [5, 5.41) is 5.36. The minimum Gasteiger partial charge on any atom is -0.347 e. The molecule has 1 atom stereocenters. The first-order valence-electron chi connectivity index (χ1n) is 5.87. The maximum atomic E-state index is 11.7. The number of amides is 2. The van der Waals surface area contributed by atoms with Crippen LogP contribution in [0.15, 0.2) is 12.4 Å². The van der Waals surface area contributed by atoms with Gasteiger partial charge in [0.2, 0.25) is 11.8 Å². The maximum absolute atomic E-state index is 11.7. The molecule has 3 N–H and O–H groups in total. The van der Waals surface area contributed by atoms with E-state index in [0.717, 1.165) is 0 Å². The molecule has 0 aliphatic heterocycles. The summed E-state index contributed by atoms with van der Waals surface area (Å²) in [6.45, 7) is 7.38. The Morgan fingerprint density at radius 1 is 1.44 bits per heavy atom. The Labute approximate surface area is 107 Å². The van der Waals surface area contributed by atoms with E-state index in [4.69, 9.17) is 0 Å². The molecule has 6 nitrogen and oxygen atoms in total. The molecule has 2 amide bonds. The Kier molecular flexibility index (Phi) is 4.47. The summed E-state index contributed by atoms with van der Waals surface area (Å²) in [5.41, 5.74) is -0.504. The first-order chi connectivity index (χ1) is 8.30. The average Bonchev–Trinajstić information content (AvgIpc) is 2.77. The Morgan fingerprint density at radius 3 is 2.61 bits per heavy atom. The van der Waals surface area contributed by atoms with Crippen molar-refractivity contribution in [1.29, 1.82) is 0 Å². The van der Waals surface area contributed by atoms with Crippen molar-refractivity contribution >= 4 is 11.8 Å². The summed E-state index contributed by atoms with van der Waals surface area (Å²) >= 11 is 0. The van der Waals surface area contributed by atoms with Gasteiger partial charge in [-0.05, 0) is 6.92 Å². The van der Waals surface area contributed by atoms with E-state index in [1.54, 1.807) is 40.1 Å². The smallest absolute Gasteiger partial charge is 0.242 e. The van der Waals surface area contributed by atoms with E-state index in [1.807, 2.05) is 0 Å². The largest absolute Gasteiger partial charge is 0.347 e. The standard InChI is InChI=1S/C12H20N4O2/c1-8(16-11(18)12(2,3)4)10(17)15-7-9-13-5-6-14-9/h5-6,8H,7H2,1-4H3,(H,13,14)(H,15,17)(H,16,18). The van der Waals surface area contributed by atoms with Gasteiger partial charge in [0.25, 0.3) is 0 Å². The van der Waals surface area contributed by atoms with E-state index < -0.39 is 11.5 Å². The van der Waals surface area contributed by atoms with Gasteiger partial charge < -0.3 is 15.6 Å². The van der Waals surface area contributed by atoms with E-state index in [0.29, 0.717) is 12.4 Å². The zero-order chi connectivity index (χ0) is 13.8. The van der Waals surface area contributed by atoms with Crippen molar-refractivity contribution in [3.63, 3.8) is 0 Å². The summed E-state index contributed by atoms with van der Waals surface area (Å²) in [7, 11) is 0. The number of aromatic nitrogens is 2. The maximum Gasteiger partial charge on any atom is 0.242 e. The molecule has 0 aliphatic rings. The molecular weight excluding hydrogens is 232 g/mol. The Morgan fingerprint density at radius 2 is 2.11 bits per heavy atom. The van der Waals surface area contributed by atoms with Crippen LogP contribution in [-0.2, 0) is 16.1 Å². The van der Waals surface area contributed by atoms with Gasteiger partial charge >= 0.3 is 0 Å². The molecule has 0 bridgehead atoms. The number of carbonyl (C=O) groups excluding carboxylic acids is 2. The van der Waals surface area contributed by atoms with Crippen LogP contribution < -0.4 is 10.6 Å². The Hall–Kier alpha value is -1.85. The van der Waals surface area contributed by atoms with E-state index in [9.17, 15) is 9.59 Å². The van der Waals surface area contributed by atoms with Crippen LogP contribution in [0, 0.1) is 5.41 Å². The molecule has 0 radical (unpaired) electrons. The van der Waals surface area contributed by atoms with Gasteiger partial charge in [-0.2, -0.15) is 0 Å². The van der Waals surface area contributed by atoms with Crippen LogP contribution in [-0.4, -0.2) is 27.8 Å². The van der Waals surface area contributed by atoms with Gasteiger partial charge in [0.1, 0.15) is 11.9 Å². The lowest BCUT2D eigenvalue weighted by molar-refractivity contribution is -0.133. The molecule has 1 aromatic rings. The fourth-order valence-corrected chi connectivity index (χ4v) is 1.20. The first kappa shape index (κ1) is 14.2. The zero-order valence-electron chi connectivity index (χ0n) is 11.2. The van der Waals surface area contributed by atoms with Crippen LogP contribution in [0.25, 0.3) is 0 Å². The number of nitrogens with zero attached hydrogens (tertiary/aromatic N) is 1. The van der Waals surface area contributed by atoms with Crippen LogP contribution in [0.4, 0.5) is 0 Å². The second-order valence-corrected chi connectivity index (χ2v) is 5.20. The van der Waals surface area contributed by atoms with Gasteiger partial charge in [-0.25, -0.2) is 4.98 Å². The number of H-pyrrole nitrogens is 1. The third kappa shape index (κ3) is 4.20. The molecule has 1 rings (SSSR count). The molecule has 0 saturated carbocycles. The summed E-state index contributed by atoms with van der Waals surface area (Å²) in [6.07, 6.45) is 3.30. The quantitative estimate of drug-likeness (QED) is 0.732. The van der Waals surface area contributed by atoms with Crippen molar-refractivity contribution in [2.75, 3.05) is 0 Å². The number of rotatable bonds is 4. The minimum absolute atomic E-state index is 0.150. The van der Waals surface area contributed by atoms with Crippen LogP contribution in [0.1, 0.15) is 33.5 Å². The molecular formula is C12H20N4O2. The van der Waals surface area contributed by atoms with Gasteiger partial charge in [0.05, 0.1) is 6.54 Å². The molecule has 0 fully saturated rings. The van der Waals surface area contributed by atoms with Gasteiger partial charge in [-0.1, -0.05) is 20.8 Å². The number of hydrogen-bond donors (Lipinski definition) is 3. The number of imidazole rings is 1. The summed E-state index contributed by atoms with van der Waals surface area (Å²) in [5.74, 6) is 0.296. The molecule has 0 spiro atoms. The predicted octanol–water partition coefficient (Wildman–Crippen LogP) is 0.577. The molecule has 0 aliphatic carbocycles. The summed E-state index contributed by atoms with van der Waals surface area (Å²) in [6, 6.07) is -0.563. The van der Waals surface area contributed by atoms with Crippen LogP contribution in [0.3, 0.4) is 0 Å². The van der Waals surface area contributed by atoms with Gasteiger partial charge in [-0.15, -0.1) is 0 Å². The second-order valence-electron chi connectivity index (χ2n) is 5.20. The fraction of sp³-hybridized carbons (Fsp3) is 0.583. The average molecular weight is 252 g/mol. The highest BCUT2D eigenvalue weighted by Gasteiger charge is 2.24. The number of aromatic amines is 1. The predicted molar refractivity (Wildman–Crippen MR) is 67.5 cm³/mol. The van der Waals surface area contributed by atoms with Gasteiger partial charge in [0.15, 0.2) is 0 Å². The molecule has 0 aromatic carbocycles. The summed E-state index contributed by atoms with van der Waals surface area (Å²) < 4.78 is 0. The molecule has 1 aromatic heterocycles. The Bertz CT molecular complexity index is 406. The molecule has 18 heavy (non-hydrogen) atoms. The highest BCUT2D eigenvalue weighted by molar-refractivity contribution is 5.89. The van der Waals surface area contributed by atoms with Crippen LogP contribution >= 0.6 is 0 Å². The normalized spacial score (nSPS) is 12.9. The highest BCUT2D eigenvalue weighted by Crippen LogP contribution is 2.12. The second kappa shape index (κ2) is 5.66. The van der Waals surface area contributed by atoms with Crippen molar-refractivity contribution < 1.29 is 9.59 Å². The lowest BCUT2D eigenvalue weighted by atomic mass is 9.95. The van der Waals surface area contributed by atoms with Crippen molar-refractivity contribution in [3.05, 3.63) is 18.2 Å². The third-order valence-electron chi connectivity index (χ3n) is 2.41. The molecule has 6 heteroatoms. The van der Waals surface area contributed by atoms with Crippen LogP contribution in [0.5, 0.6) is 0 Å². The third-order valence-corrected chi connectivity index (χ3v) is 2.41. The minimum atomic E-state index is -0.563. The molecule has 0 saturated heterocycles. The number of hydrogen-bond acceptors (Lipinski definition) is 3. The topological polar surface area (TPSA) is 86.9 Å². The molecule has 100 valence electrons. The van der Waals surface area contributed by atoms with E-state index in [2.05, 4.69) is 20.6 Å². The van der Waals surface area contributed by atoms with E-state index in [1.165, 1.54) is 0 Å². The van der Waals surface area contributed by atoms with Crippen molar-refractivity contribution in [1.82, 2.24) is 20.6 Å². The fourth-order valence-electron chi connectivity index (χ4n) is 1.20. The first-order valence-corrected chi connectivity index (χ1v) is 5.87. The zero-order valence-corrected chi connectivity index (χ0v) is 11.2. The Balaban J connectivity index is 2.40. The highest BCUT2D eigenvalue weighted by atomic mass is 16.2. The van der Waals surface area contributed by atoms with Gasteiger partial charge in [-0.3, -0.25) is 9.59 Å². The van der Waals surface area contributed by atoms with Gasteiger partial charge in [0, 0.05) is 17.8 Å². The van der Waals surface area contributed by atoms with Crippen molar-refractivity contribution in [2.24, 2.45) is 5.41 Å². The SMILES string of the molecule is CC(NC(=O)C(C)(C)C)C(=O)NCc1ncc[nH]1. The molecule has 1 heterocycles. The molecule has 1 unspecified atom stereocenters. The van der Waals surface area contributed by atoms with Crippen LogP contribution in [0.2, 0.25) is 0 Å². The number of nitrogens with one attached hydrogen (secondary N) is 3. The lowest BCUT2D eigenvalue weighted by Gasteiger charge is -2.21. The lowest BCUT2D eigenvalue weighted by Crippen LogP contribution is -2.48. The summed E-state index contributed by atoms with van der Waals surface area (Å²) in [4.78, 5) is 30.3. The monoisotopic (exact) mass is 252 g/mol. The number of carbonyl (C=O) groups is 2. The van der Waals surface area contributed by atoms with Crippen molar-refractivity contribution in [2.45, 2.75) is 40.3 Å².